The fourth-order valence-electron chi connectivity index (χ4n) is 1.45. The van der Waals surface area contributed by atoms with Crippen molar-refractivity contribution < 1.29 is 4.39 Å². The first-order chi connectivity index (χ1) is 7.15. The van der Waals surface area contributed by atoms with Gasteiger partial charge < -0.3 is 5.73 Å². The van der Waals surface area contributed by atoms with Gasteiger partial charge >= 0.3 is 0 Å². The zero-order valence-electron chi connectivity index (χ0n) is 8.44. The van der Waals surface area contributed by atoms with Crippen molar-refractivity contribution in [2.45, 2.75) is 13.5 Å². The predicted octanol–water partition coefficient (Wildman–Crippen LogP) is 1.96. The second-order valence-corrected chi connectivity index (χ2v) is 3.51. The smallest absolute Gasteiger partial charge is 0.145 e. The van der Waals surface area contributed by atoms with Crippen molar-refractivity contribution in [3.8, 4) is 0 Å². The molecule has 2 rings (SSSR count). The maximum Gasteiger partial charge on any atom is 0.145 e. The van der Waals surface area contributed by atoms with Crippen LogP contribution in [0.2, 0.25) is 0 Å². The lowest BCUT2D eigenvalue weighted by atomic mass is 10.1. The Balaban J connectivity index is 2.27. The van der Waals surface area contributed by atoms with Gasteiger partial charge in [-0.3, -0.25) is 4.68 Å². The van der Waals surface area contributed by atoms with E-state index in [9.17, 15) is 4.39 Å². The van der Waals surface area contributed by atoms with E-state index in [1.807, 2.05) is 6.92 Å². The highest BCUT2D eigenvalue weighted by molar-refractivity contribution is 5.28. The number of rotatable bonds is 2. The van der Waals surface area contributed by atoms with Gasteiger partial charge in [-0.05, 0) is 36.2 Å². The molecule has 15 heavy (non-hydrogen) atoms. The maximum atomic E-state index is 13.0. The predicted molar refractivity (Wildman–Crippen MR) is 56.9 cm³/mol. The minimum Gasteiger partial charge on any atom is -0.382 e. The normalized spacial score (nSPS) is 10.5. The van der Waals surface area contributed by atoms with E-state index in [1.165, 1.54) is 12.1 Å². The minimum atomic E-state index is -0.226. The van der Waals surface area contributed by atoms with Crippen LogP contribution in [0.25, 0.3) is 0 Å². The molecule has 0 saturated heterocycles. The molecular weight excluding hydrogens is 193 g/mol. The van der Waals surface area contributed by atoms with Crippen LogP contribution in [0, 0.1) is 12.7 Å². The van der Waals surface area contributed by atoms with Crippen molar-refractivity contribution in [3.63, 3.8) is 0 Å². The monoisotopic (exact) mass is 205 g/mol. The van der Waals surface area contributed by atoms with Crippen LogP contribution in [-0.4, -0.2) is 9.78 Å². The van der Waals surface area contributed by atoms with Crippen molar-refractivity contribution in [1.82, 2.24) is 9.78 Å². The maximum absolute atomic E-state index is 13.0. The summed E-state index contributed by atoms with van der Waals surface area (Å²) in [5.41, 5.74) is 7.46. The van der Waals surface area contributed by atoms with Crippen molar-refractivity contribution >= 4 is 5.82 Å². The summed E-state index contributed by atoms with van der Waals surface area (Å²) in [7, 11) is 0. The first kappa shape index (κ1) is 9.71. The van der Waals surface area contributed by atoms with Crippen LogP contribution in [0.5, 0.6) is 0 Å². The van der Waals surface area contributed by atoms with Crippen LogP contribution >= 0.6 is 0 Å². The molecule has 0 aliphatic carbocycles. The van der Waals surface area contributed by atoms with Crippen molar-refractivity contribution in [3.05, 3.63) is 47.4 Å². The third-order valence-electron chi connectivity index (χ3n) is 2.30. The van der Waals surface area contributed by atoms with E-state index < -0.39 is 0 Å². The Morgan fingerprint density at radius 1 is 1.40 bits per heavy atom. The van der Waals surface area contributed by atoms with Crippen molar-refractivity contribution in [2.24, 2.45) is 0 Å². The van der Waals surface area contributed by atoms with Crippen LogP contribution in [0.1, 0.15) is 11.1 Å². The quantitative estimate of drug-likeness (QED) is 0.814. The van der Waals surface area contributed by atoms with Crippen molar-refractivity contribution in [1.29, 1.82) is 0 Å². The number of hydrogen-bond donors (Lipinski definition) is 1. The lowest BCUT2D eigenvalue weighted by molar-refractivity contribution is 0.618. The second-order valence-electron chi connectivity index (χ2n) is 3.51. The number of benzene rings is 1. The van der Waals surface area contributed by atoms with Gasteiger partial charge in [0.15, 0.2) is 0 Å². The number of anilines is 1. The van der Waals surface area contributed by atoms with E-state index in [0.29, 0.717) is 12.4 Å². The van der Waals surface area contributed by atoms with E-state index in [2.05, 4.69) is 5.10 Å². The molecule has 0 saturated carbocycles. The molecule has 0 spiro atoms. The van der Waals surface area contributed by atoms with Gasteiger partial charge in [-0.25, -0.2) is 4.39 Å². The Hall–Kier alpha value is -1.84. The number of aromatic nitrogens is 2. The van der Waals surface area contributed by atoms with Crippen LogP contribution < -0.4 is 5.73 Å². The van der Waals surface area contributed by atoms with Gasteiger partial charge in [-0.2, -0.15) is 5.10 Å². The Labute approximate surface area is 87.3 Å². The highest BCUT2D eigenvalue weighted by atomic mass is 19.1. The SMILES string of the molecule is Cc1ccc(F)cc1Cn1ccc(N)n1. The van der Waals surface area contributed by atoms with Crippen LogP contribution in [0.4, 0.5) is 10.2 Å². The van der Waals surface area contributed by atoms with Crippen LogP contribution in [0.15, 0.2) is 30.5 Å². The number of halogens is 1. The summed E-state index contributed by atoms with van der Waals surface area (Å²) in [6.45, 7) is 2.49. The average molecular weight is 205 g/mol. The number of nitrogen functional groups attached to an aromatic ring is 1. The zero-order valence-corrected chi connectivity index (χ0v) is 8.44. The second kappa shape index (κ2) is 3.73. The topological polar surface area (TPSA) is 43.8 Å². The number of nitrogens with two attached hydrogens (primary N) is 1. The number of aryl methyl sites for hydroxylation is 1. The van der Waals surface area contributed by atoms with Gasteiger partial charge in [0.2, 0.25) is 0 Å². The van der Waals surface area contributed by atoms with Crippen LogP contribution in [0.3, 0.4) is 0 Å². The summed E-state index contributed by atoms with van der Waals surface area (Å²) in [4.78, 5) is 0. The number of hydrogen-bond acceptors (Lipinski definition) is 2. The van der Waals surface area contributed by atoms with Gasteiger partial charge in [0.05, 0.1) is 6.54 Å². The van der Waals surface area contributed by atoms with E-state index in [0.717, 1.165) is 11.1 Å². The molecule has 0 fully saturated rings. The molecule has 0 aliphatic heterocycles. The minimum absolute atomic E-state index is 0.226. The fraction of sp³-hybridized carbons (Fsp3) is 0.182. The molecule has 1 heterocycles. The van der Waals surface area contributed by atoms with Gasteiger partial charge in [0.25, 0.3) is 0 Å². The molecule has 2 N–H and O–H groups in total. The molecular formula is C11H12FN3. The summed E-state index contributed by atoms with van der Waals surface area (Å²) in [6.07, 6.45) is 1.78. The van der Waals surface area contributed by atoms with E-state index in [1.54, 1.807) is 23.0 Å². The molecule has 1 aromatic heterocycles. The standard InChI is InChI=1S/C11H12FN3/c1-8-2-3-10(12)6-9(8)7-15-5-4-11(13)14-15/h2-6H,7H2,1H3,(H2,13,14). The Morgan fingerprint density at radius 3 is 2.87 bits per heavy atom. The Bertz CT molecular complexity index is 476. The fourth-order valence-corrected chi connectivity index (χ4v) is 1.45. The Morgan fingerprint density at radius 2 is 2.20 bits per heavy atom. The third-order valence-corrected chi connectivity index (χ3v) is 2.30. The molecule has 0 aliphatic rings. The molecule has 0 amide bonds. The van der Waals surface area contributed by atoms with E-state index in [4.69, 9.17) is 5.73 Å². The van der Waals surface area contributed by atoms with Crippen molar-refractivity contribution in [2.75, 3.05) is 5.73 Å². The van der Waals surface area contributed by atoms with Gasteiger partial charge in [0.1, 0.15) is 11.6 Å². The lowest BCUT2D eigenvalue weighted by Crippen LogP contribution is -2.03. The molecule has 0 atom stereocenters. The summed E-state index contributed by atoms with van der Waals surface area (Å²) in [5.74, 6) is 0.250. The van der Waals surface area contributed by atoms with Gasteiger partial charge in [-0.1, -0.05) is 6.07 Å². The molecule has 78 valence electrons. The van der Waals surface area contributed by atoms with Gasteiger partial charge in [0, 0.05) is 6.20 Å². The van der Waals surface area contributed by atoms with Crippen LogP contribution in [-0.2, 0) is 6.54 Å². The summed E-state index contributed by atoms with van der Waals surface area (Å²) in [6, 6.07) is 6.45. The first-order valence-corrected chi connectivity index (χ1v) is 4.69. The highest BCUT2D eigenvalue weighted by Gasteiger charge is 2.02. The Kier molecular flexibility index (Phi) is 2.41. The molecule has 2 aromatic rings. The molecule has 3 nitrogen and oxygen atoms in total. The molecule has 1 aromatic carbocycles. The van der Waals surface area contributed by atoms with E-state index >= 15 is 0 Å². The third kappa shape index (κ3) is 2.15. The molecule has 0 radical (unpaired) electrons. The summed E-state index contributed by atoms with van der Waals surface area (Å²) in [5, 5.41) is 4.05. The highest BCUT2D eigenvalue weighted by Crippen LogP contribution is 2.12. The van der Waals surface area contributed by atoms with E-state index in [-0.39, 0.29) is 5.82 Å². The lowest BCUT2D eigenvalue weighted by Gasteiger charge is -2.05. The van der Waals surface area contributed by atoms with Gasteiger partial charge in [-0.15, -0.1) is 0 Å². The molecule has 4 heteroatoms. The number of nitrogens with zero attached hydrogens (tertiary/aromatic N) is 2. The zero-order chi connectivity index (χ0) is 10.8. The molecule has 0 bridgehead atoms. The average Bonchev–Trinajstić information content (AvgIpc) is 2.58. The first-order valence-electron chi connectivity index (χ1n) is 4.69. The molecule has 0 unspecified atom stereocenters. The summed E-state index contributed by atoms with van der Waals surface area (Å²) >= 11 is 0. The largest absolute Gasteiger partial charge is 0.382 e. The summed E-state index contributed by atoms with van der Waals surface area (Å²) < 4.78 is 14.7.